The van der Waals surface area contributed by atoms with Gasteiger partial charge < -0.3 is 4.90 Å². The third kappa shape index (κ3) is 5.63. The molecule has 0 unspecified atom stereocenters. The Bertz CT molecular complexity index is 712. The number of nitrogens with zero attached hydrogens (tertiary/aromatic N) is 8. The summed E-state index contributed by atoms with van der Waals surface area (Å²) in [6.07, 6.45) is 7.53. The molecule has 0 spiro atoms. The smallest absolute Gasteiger partial charge is 0.266 e. The van der Waals surface area contributed by atoms with Crippen molar-refractivity contribution in [1.82, 2.24) is 35.0 Å². The predicted octanol–water partition coefficient (Wildman–Crippen LogP) is 2.77. The Kier molecular flexibility index (Phi) is 7.52. The van der Waals surface area contributed by atoms with Gasteiger partial charge in [0, 0.05) is 37.9 Å². The lowest BCUT2D eigenvalue weighted by molar-refractivity contribution is 0.566. The number of anilines is 1. The Morgan fingerprint density at radius 3 is 2.32 bits per heavy atom. The number of aromatic nitrogens is 7. The van der Waals surface area contributed by atoms with E-state index < -0.39 is 0 Å². The normalized spacial score (nSPS) is 13.5. The van der Waals surface area contributed by atoms with Crippen molar-refractivity contribution in [2.45, 2.75) is 33.1 Å². The van der Waals surface area contributed by atoms with E-state index in [1.807, 2.05) is 38.5 Å². The molecular weight excluding hydrogens is 336 g/mol. The Morgan fingerprint density at radius 1 is 1.04 bits per heavy atom. The Balaban J connectivity index is 0.000000165. The van der Waals surface area contributed by atoms with E-state index in [2.05, 4.69) is 30.4 Å². The van der Waals surface area contributed by atoms with Crippen molar-refractivity contribution < 1.29 is 0 Å². The molecule has 4 rings (SSSR count). The molecule has 0 N–H and O–H groups in total. The van der Waals surface area contributed by atoms with Crippen LogP contribution in [-0.4, -0.2) is 48.1 Å². The largest absolute Gasteiger partial charge is 0.338 e. The zero-order chi connectivity index (χ0) is 18.1. The first-order valence-corrected chi connectivity index (χ1v) is 9.49. The predicted molar refractivity (Wildman–Crippen MR) is 101 cm³/mol. The first-order valence-electron chi connectivity index (χ1n) is 8.61. The van der Waals surface area contributed by atoms with Crippen LogP contribution in [0, 0.1) is 0 Å². The van der Waals surface area contributed by atoms with Crippen LogP contribution < -0.4 is 4.90 Å². The molecule has 3 aromatic heterocycles. The molecule has 1 saturated heterocycles. The van der Waals surface area contributed by atoms with Gasteiger partial charge in [-0.2, -0.15) is 9.90 Å². The molecule has 1 aliphatic rings. The van der Waals surface area contributed by atoms with E-state index in [1.54, 1.807) is 29.3 Å². The number of tetrazole rings is 1. The molecule has 0 amide bonds. The van der Waals surface area contributed by atoms with Crippen molar-refractivity contribution >= 4 is 17.3 Å². The van der Waals surface area contributed by atoms with Gasteiger partial charge in [0.2, 0.25) is 0 Å². The van der Waals surface area contributed by atoms with Gasteiger partial charge in [-0.1, -0.05) is 18.9 Å². The fourth-order valence-corrected chi connectivity index (χ4v) is 2.98. The summed E-state index contributed by atoms with van der Waals surface area (Å²) in [7, 11) is 3.69. The van der Waals surface area contributed by atoms with Crippen molar-refractivity contribution in [3.8, 4) is 10.7 Å². The number of aryl methyl sites for hydroxylation is 2. The minimum Gasteiger partial charge on any atom is -0.338 e. The van der Waals surface area contributed by atoms with Crippen LogP contribution in [-0.2, 0) is 14.1 Å². The van der Waals surface area contributed by atoms with Crippen LogP contribution in [0.25, 0.3) is 10.7 Å². The molecule has 9 heteroatoms. The SMILES string of the molecule is CC.Cn1ccc(-c2nccs2)n1.Cn1nnc(N2CCCCC2)n1. The van der Waals surface area contributed by atoms with Crippen LogP contribution in [0.15, 0.2) is 23.8 Å². The van der Waals surface area contributed by atoms with Crippen molar-refractivity contribution in [3.05, 3.63) is 23.8 Å². The zero-order valence-corrected chi connectivity index (χ0v) is 16.1. The summed E-state index contributed by atoms with van der Waals surface area (Å²) in [5, 5.41) is 19.1. The molecule has 1 fully saturated rings. The second-order valence-corrected chi connectivity index (χ2v) is 6.23. The lowest BCUT2D eigenvalue weighted by atomic mass is 10.1. The molecule has 136 valence electrons. The average Bonchev–Trinajstić information content (AvgIpc) is 3.40. The first-order chi connectivity index (χ1) is 12.2. The summed E-state index contributed by atoms with van der Waals surface area (Å²) in [4.78, 5) is 7.84. The lowest BCUT2D eigenvalue weighted by Crippen LogP contribution is -2.30. The maximum atomic E-state index is 4.22. The van der Waals surface area contributed by atoms with E-state index in [1.165, 1.54) is 24.1 Å². The van der Waals surface area contributed by atoms with E-state index in [0.29, 0.717) is 0 Å². The molecule has 0 radical (unpaired) electrons. The number of piperidine rings is 1. The van der Waals surface area contributed by atoms with Gasteiger partial charge in [-0.15, -0.1) is 16.4 Å². The molecule has 0 saturated carbocycles. The van der Waals surface area contributed by atoms with Gasteiger partial charge in [0.05, 0.1) is 7.05 Å². The van der Waals surface area contributed by atoms with Gasteiger partial charge in [-0.25, -0.2) is 4.98 Å². The third-order valence-corrected chi connectivity index (χ3v) is 4.30. The Labute approximate surface area is 152 Å². The van der Waals surface area contributed by atoms with Crippen molar-refractivity contribution in [1.29, 1.82) is 0 Å². The van der Waals surface area contributed by atoms with Crippen LogP contribution in [0.2, 0.25) is 0 Å². The molecule has 8 nitrogen and oxygen atoms in total. The number of thiazole rings is 1. The highest BCUT2D eigenvalue weighted by Crippen LogP contribution is 2.18. The standard InChI is InChI=1S/C7H13N5.C7H7N3S.C2H6/c1-11-9-7(8-10-11)12-5-3-2-4-6-12;1-10-4-2-6(9-10)7-8-3-5-11-7;1-2/h2-6H2,1H3;2-5H,1H3;1-2H3. The van der Waals surface area contributed by atoms with E-state index >= 15 is 0 Å². The summed E-state index contributed by atoms with van der Waals surface area (Å²) >= 11 is 1.60. The Morgan fingerprint density at radius 2 is 1.80 bits per heavy atom. The molecule has 0 bridgehead atoms. The molecule has 0 atom stereocenters. The maximum absolute atomic E-state index is 4.22. The molecule has 4 heterocycles. The quantitative estimate of drug-likeness (QED) is 0.697. The van der Waals surface area contributed by atoms with Gasteiger partial charge in [-0.05, 0) is 30.5 Å². The summed E-state index contributed by atoms with van der Waals surface area (Å²) in [6.45, 7) is 6.15. The molecule has 1 aliphatic heterocycles. The van der Waals surface area contributed by atoms with E-state index in [4.69, 9.17) is 0 Å². The molecular formula is C16H26N8S. The second-order valence-electron chi connectivity index (χ2n) is 5.34. The van der Waals surface area contributed by atoms with Crippen molar-refractivity contribution in [2.24, 2.45) is 14.1 Å². The molecule has 0 aromatic carbocycles. The van der Waals surface area contributed by atoms with Gasteiger partial charge >= 0.3 is 0 Å². The summed E-state index contributed by atoms with van der Waals surface area (Å²) in [5.41, 5.74) is 0.947. The fourth-order valence-electron chi connectivity index (χ4n) is 2.37. The van der Waals surface area contributed by atoms with E-state index in [9.17, 15) is 0 Å². The summed E-state index contributed by atoms with van der Waals surface area (Å²) < 4.78 is 1.77. The minimum atomic E-state index is 0.775. The van der Waals surface area contributed by atoms with Crippen LogP contribution in [0.3, 0.4) is 0 Å². The summed E-state index contributed by atoms with van der Waals surface area (Å²) in [5.74, 6) is 0.775. The highest BCUT2D eigenvalue weighted by atomic mass is 32.1. The van der Waals surface area contributed by atoms with E-state index in [-0.39, 0.29) is 0 Å². The number of rotatable bonds is 2. The molecule has 25 heavy (non-hydrogen) atoms. The fraction of sp³-hybridized carbons (Fsp3) is 0.562. The van der Waals surface area contributed by atoms with Gasteiger partial charge in [-0.3, -0.25) is 4.68 Å². The van der Waals surface area contributed by atoms with Crippen LogP contribution in [0.4, 0.5) is 5.95 Å². The van der Waals surface area contributed by atoms with Crippen molar-refractivity contribution in [2.75, 3.05) is 18.0 Å². The topological polar surface area (TPSA) is 77.5 Å². The van der Waals surface area contributed by atoms with Crippen LogP contribution >= 0.6 is 11.3 Å². The van der Waals surface area contributed by atoms with E-state index in [0.717, 1.165) is 29.7 Å². The Hall–Kier alpha value is -2.29. The van der Waals surface area contributed by atoms with Crippen LogP contribution in [0.5, 0.6) is 0 Å². The third-order valence-electron chi connectivity index (χ3n) is 3.50. The number of hydrogen-bond acceptors (Lipinski definition) is 7. The monoisotopic (exact) mass is 362 g/mol. The minimum absolute atomic E-state index is 0.775. The average molecular weight is 363 g/mol. The maximum Gasteiger partial charge on any atom is 0.266 e. The number of hydrogen-bond donors (Lipinski definition) is 0. The first kappa shape index (κ1) is 19.0. The second kappa shape index (κ2) is 9.87. The van der Waals surface area contributed by atoms with Crippen molar-refractivity contribution in [3.63, 3.8) is 0 Å². The van der Waals surface area contributed by atoms with Gasteiger partial charge in [0.15, 0.2) is 0 Å². The molecule has 0 aliphatic carbocycles. The highest BCUT2D eigenvalue weighted by Gasteiger charge is 2.14. The molecule has 3 aromatic rings. The van der Waals surface area contributed by atoms with Gasteiger partial charge in [0.1, 0.15) is 10.7 Å². The van der Waals surface area contributed by atoms with Crippen LogP contribution in [0.1, 0.15) is 33.1 Å². The highest BCUT2D eigenvalue weighted by molar-refractivity contribution is 7.13. The van der Waals surface area contributed by atoms with Gasteiger partial charge in [0.25, 0.3) is 5.95 Å². The lowest BCUT2D eigenvalue weighted by Gasteiger charge is -2.24. The zero-order valence-electron chi connectivity index (χ0n) is 15.3. The summed E-state index contributed by atoms with van der Waals surface area (Å²) in [6, 6.07) is 1.96.